The van der Waals surface area contributed by atoms with E-state index in [0.717, 1.165) is 44.5 Å². The summed E-state index contributed by atoms with van der Waals surface area (Å²) in [5.74, 6) is -1.15. The van der Waals surface area contributed by atoms with Crippen LogP contribution in [-0.4, -0.2) is 46.3 Å². The highest BCUT2D eigenvalue weighted by atomic mass is 19.1. The van der Waals surface area contributed by atoms with Gasteiger partial charge in [0.05, 0.1) is 17.9 Å². The Balaban J connectivity index is 1.82. The van der Waals surface area contributed by atoms with Gasteiger partial charge in [0.1, 0.15) is 0 Å². The number of carbonyl (C=O) groups is 1. The minimum absolute atomic E-state index is 0.00769. The number of anilines is 1. The van der Waals surface area contributed by atoms with Crippen LogP contribution in [0.1, 0.15) is 77.7 Å². The van der Waals surface area contributed by atoms with Crippen molar-refractivity contribution >= 4 is 11.7 Å². The van der Waals surface area contributed by atoms with Crippen molar-refractivity contribution in [2.45, 2.75) is 78.9 Å². The summed E-state index contributed by atoms with van der Waals surface area (Å²) in [6.07, 6.45) is 6.16. The first kappa shape index (κ1) is 26.3. The fourth-order valence-corrected chi connectivity index (χ4v) is 4.56. The number of carboxylic acid groups (broad SMARTS) is 1. The smallest absolute Gasteiger partial charge is 0.337 e. The molecule has 2 aromatic rings. The molecule has 1 saturated heterocycles. The number of carboxylic acids is 1. The maximum atomic E-state index is 15.0. The Morgan fingerprint density at radius 1 is 1.22 bits per heavy atom. The predicted octanol–water partition coefficient (Wildman–Crippen LogP) is 5.95. The summed E-state index contributed by atoms with van der Waals surface area (Å²) in [5, 5.41) is 10.2. The minimum atomic E-state index is -1.22. The molecule has 2 aliphatic rings. The molecule has 8 heteroatoms. The molecule has 0 spiro atoms. The molecule has 0 radical (unpaired) electrons. The maximum Gasteiger partial charge on any atom is 0.337 e. The van der Waals surface area contributed by atoms with Crippen LogP contribution in [-0.2, 0) is 9.53 Å². The SMILES string of the molecule is Cc1ncc(-c2cnc(OCC3CC3)c(F)c2)c(N2CCC(C)(C)CC2)c1[C@H](OC(C)(C)C)C(=O)O. The number of piperidine rings is 1. The van der Waals surface area contributed by atoms with E-state index >= 15 is 4.39 Å². The maximum absolute atomic E-state index is 15.0. The third-order valence-corrected chi connectivity index (χ3v) is 6.95. The number of aromatic nitrogens is 2. The molecule has 36 heavy (non-hydrogen) atoms. The molecule has 1 atom stereocenters. The molecule has 1 aliphatic heterocycles. The average molecular weight is 500 g/mol. The summed E-state index contributed by atoms with van der Waals surface area (Å²) in [7, 11) is 0. The van der Waals surface area contributed by atoms with Crippen LogP contribution < -0.4 is 9.64 Å². The first-order chi connectivity index (χ1) is 16.8. The fourth-order valence-electron chi connectivity index (χ4n) is 4.56. The first-order valence-corrected chi connectivity index (χ1v) is 12.8. The van der Waals surface area contributed by atoms with Gasteiger partial charge >= 0.3 is 5.97 Å². The van der Waals surface area contributed by atoms with Crippen molar-refractivity contribution in [3.63, 3.8) is 0 Å². The molecule has 2 fully saturated rings. The zero-order chi connectivity index (χ0) is 26.3. The van der Waals surface area contributed by atoms with Gasteiger partial charge in [0.15, 0.2) is 11.9 Å². The zero-order valence-electron chi connectivity index (χ0n) is 22.2. The largest absolute Gasteiger partial charge is 0.479 e. The van der Waals surface area contributed by atoms with Gasteiger partial charge in [-0.25, -0.2) is 14.2 Å². The quantitative estimate of drug-likeness (QED) is 0.481. The van der Waals surface area contributed by atoms with E-state index in [4.69, 9.17) is 9.47 Å². The normalized spacial score (nSPS) is 18.7. The molecule has 7 nitrogen and oxygen atoms in total. The zero-order valence-corrected chi connectivity index (χ0v) is 22.2. The molecule has 4 rings (SSSR count). The molecule has 0 amide bonds. The number of halogens is 1. The van der Waals surface area contributed by atoms with Gasteiger partial charge in [-0.05, 0) is 70.8 Å². The van der Waals surface area contributed by atoms with Crippen molar-refractivity contribution in [3.8, 4) is 17.0 Å². The van der Waals surface area contributed by atoms with Gasteiger partial charge in [-0.15, -0.1) is 0 Å². The lowest BCUT2D eigenvalue weighted by atomic mass is 9.82. The van der Waals surface area contributed by atoms with E-state index in [9.17, 15) is 9.90 Å². The Hall–Kier alpha value is -2.74. The molecule has 0 aromatic carbocycles. The van der Waals surface area contributed by atoms with Gasteiger partial charge in [0.2, 0.25) is 5.88 Å². The number of aliphatic carboxylic acids is 1. The summed E-state index contributed by atoms with van der Waals surface area (Å²) in [6.45, 7) is 13.7. The van der Waals surface area contributed by atoms with Crippen LogP contribution in [0, 0.1) is 24.1 Å². The third-order valence-electron chi connectivity index (χ3n) is 6.95. The van der Waals surface area contributed by atoms with Crippen molar-refractivity contribution in [3.05, 3.63) is 35.5 Å². The van der Waals surface area contributed by atoms with Gasteiger partial charge in [0.25, 0.3) is 0 Å². The lowest BCUT2D eigenvalue weighted by Gasteiger charge is -2.40. The second-order valence-electron chi connectivity index (χ2n) is 11.9. The van der Waals surface area contributed by atoms with Gasteiger partial charge < -0.3 is 19.5 Å². The highest BCUT2D eigenvalue weighted by Gasteiger charge is 2.36. The number of ether oxygens (including phenoxy) is 2. The fraction of sp³-hybridized carbons (Fsp3) is 0.607. The highest BCUT2D eigenvalue weighted by Crippen LogP contribution is 2.43. The molecule has 1 N–H and O–H groups in total. The monoisotopic (exact) mass is 499 g/mol. The Morgan fingerprint density at radius 2 is 1.89 bits per heavy atom. The number of rotatable bonds is 8. The van der Waals surface area contributed by atoms with Crippen molar-refractivity contribution < 1.29 is 23.8 Å². The standard InChI is InChI=1S/C28H38FN3O4/c1-17-22(24(26(33)34)36-27(2,3)4)23(32-11-9-28(5,6)10-12-32)20(15-30-17)19-13-21(29)25(31-14-19)35-16-18-7-8-18/h13-15,18,24H,7-12,16H2,1-6H3,(H,33,34)/t24-/m0/s1. The highest BCUT2D eigenvalue weighted by molar-refractivity contribution is 5.86. The first-order valence-electron chi connectivity index (χ1n) is 12.8. The van der Waals surface area contributed by atoms with Gasteiger partial charge in [-0.3, -0.25) is 4.98 Å². The number of nitrogens with zero attached hydrogens (tertiary/aromatic N) is 3. The van der Waals surface area contributed by atoms with Crippen LogP contribution >= 0.6 is 0 Å². The topological polar surface area (TPSA) is 84.8 Å². The van der Waals surface area contributed by atoms with Gasteiger partial charge in [-0.1, -0.05) is 13.8 Å². The second kappa shape index (κ2) is 9.96. The molecule has 2 aromatic heterocycles. The summed E-state index contributed by atoms with van der Waals surface area (Å²) in [6, 6.07) is 1.41. The van der Waals surface area contributed by atoms with Gasteiger partial charge in [-0.2, -0.15) is 0 Å². The Bertz CT molecular complexity index is 1110. The van der Waals surface area contributed by atoms with Gasteiger partial charge in [0, 0.05) is 47.9 Å². The molecular formula is C28H38FN3O4. The average Bonchev–Trinajstić information content (AvgIpc) is 3.61. The Morgan fingerprint density at radius 3 is 2.44 bits per heavy atom. The summed E-state index contributed by atoms with van der Waals surface area (Å²) in [5.41, 5.74) is 2.47. The molecule has 3 heterocycles. The van der Waals surface area contributed by atoms with Crippen LogP contribution in [0.3, 0.4) is 0 Å². The van der Waals surface area contributed by atoms with Crippen LogP contribution in [0.5, 0.6) is 5.88 Å². The van der Waals surface area contributed by atoms with Crippen molar-refractivity contribution in [2.75, 3.05) is 24.6 Å². The molecule has 0 bridgehead atoms. The van der Waals surface area contributed by atoms with Crippen LogP contribution in [0.15, 0.2) is 18.5 Å². The van der Waals surface area contributed by atoms with Crippen molar-refractivity contribution in [2.24, 2.45) is 11.3 Å². The molecule has 0 unspecified atom stereocenters. The summed E-state index contributed by atoms with van der Waals surface area (Å²) < 4.78 is 26.7. The van der Waals surface area contributed by atoms with Crippen LogP contribution in [0.2, 0.25) is 0 Å². The molecular weight excluding hydrogens is 461 g/mol. The lowest BCUT2D eigenvalue weighted by Crippen LogP contribution is -2.39. The van der Waals surface area contributed by atoms with E-state index in [1.165, 1.54) is 6.07 Å². The minimum Gasteiger partial charge on any atom is -0.479 e. The lowest BCUT2D eigenvalue weighted by molar-refractivity contribution is -0.160. The summed E-state index contributed by atoms with van der Waals surface area (Å²) in [4.78, 5) is 23.5. The van der Waals surface area contributed by atoms with E-state index < -0.39 is 23.5 Å². The molecule has 1 aliphatic carbocycles. The second-order valence-corrected chi connectivity index (χ2v) is 11.9. The van der Waals surface area contributed by atoms with E-state index in [1.807, 2.05) is 20.8 Å². The third kappa shape index (κ3) is 6.14. The molecule has 196 valence electrons. The van der Waals surface area contributed by atoms with Crippen LogP contribution in [0.4, 0.5) is 10.1 Å². The van der Waals surface area contributed by atoms with E-state index in [2.05, 4.69) is 28.7 Å². The number of hydrogen-bond donors (Lipinski definition) is 1. The number of aryl methyl sites for hydroxylation is 1. The van der Waals surface area contributed by atoms with Crippen molar-refractivity contribution in [1.29, 1.82) is 0 Å². The Labute approximate surface area is 213 Å². The predicted molar refractivity (Wildman–Crippen MR) is 137 cm³/mol. The summed E-state index contributed by atoms with van der Waals surface area (Å²) >= 11 is 0. The van der Waals surface area contributed by atoms with Crippen LogP contribution in [0.25, 0.3) is 11.1 Å². The Kier molecular flexibility index (Phi) is 7.28. The van der Waals surface area contributed by atoms with E-state index in [1.54, 1.807) is 19.3 Å². The number of pyridine rings is 2. The number of hydrogen-bond acceptors (Lipinski definition) is 6. The van der Waals surface area contributed by atoms with E-state index in [0.29, 0.717) is 34.9 Å². The molecule has 1 saturated carbocycles. The van der Waals surface area contributed by atoms with E-state index in [-0.39, 0.29) is 11.3 Å². The van der Waals surface area contributed by atoms with Crippen molar-refractivity contribution in [1.82, 2.24) is 9.97 Å².